The van der Waals surface area contributed by atoms with E-state index in [1.807, 2.05) is 21.1 Å². The van der Waals surface area contributed by atoms with Crippen LogP contribution in [0.5, 0.6) is 0 Å². The number of quaternary nitrogens is 1. The molecule has 0 saturated carbocycles. The summed E-state index contributed by atoms with van der Waals surface area (Å²) >= 11 is 0. The minimum atomic E-state index is -4.30. The van der Waals surface area contributed by atoms with Crippen molar-refractivity contribution in [2.24, 2.45) is 0 Å². The molecule has 0 aliphatic rings. The Labute approximate surface area is 349 Å². The lowest BCUT2D eigenvalue weighted by atomic mass is 10.1. The molecule has 0 amide bonds. The molecule has 2 unspecified atom stereocenters. The number of carbonyl (C=O) groups is 1. The van der Waals surface area contributed by atoms with Crippen molar-refractivity contribution >= 4 is 13.8 Å². The lowest BCUT2D eigenvalue weighted by Crippen LogP contribution is -2.37. The van der Waals surface area contributed by atoms with Crippen LogP contribution in [0.25, 0.3) is 0 Å². The number of phosphoric ester groups is 1. The highest BCUT2D eigenvalue weighted by atomic mass is 31.2. The van der Waals surface area contributed by atoms with Crippen LogP contribution in [0.4, 0.5) is 0 Å². The summed E-state index contributed by atoms with van der Waals surface area (Å²) in [6.07, 6.45) is 55.6. The van der Waals surface area contributed by atoms with Gasteiger partial charge in [0, 0.05) is 13.0 Å². The largest absolute Gasteiger partial charge is 0.472 e. The smallest absolute Gasteiger partial charge is 0.457 e. The fourth-order valence-corrected chi connectivity index (χ4v) is 5.78. The van der Waals surface area contributed by atoms with Crippen LogP contribution in [0.1, 0.15) is 129 Å². The van der Waals surface area contributed by atoms with E-state index in [4.69, 9.17) is 18.5 Å². The van der Waals surface area contributed by atoms with Crippen molar-refractivity contribution < 1.29 is 37.3 Å². The van der Waals surface area contributed by atoms with Gasteiger partial charge in [-0.15, -0.1) is 0 Å². The Kier molecular flexibility index (Phi) is 38.0. The number of rotatable bonds is 38. The van der Waals surface area contributed by atoms with Gasteiger partial charge in [-0.3, -0.25) is 13.8 Å². The molecule has 0 aliphatic carbocycles. The predicted octanol–water partition coefficient (Wildman–Crippen LogP) is 12.8. The van der Waals surface area contributed by atoms with Crippen molar-refractivity contribution in [3.8, 4) is 0 Å². The third-order valence-electron chi connectivity index (χ3n) is 8.33. The molecule has 0 fully saturated rings. The molecule has 8 nitrogen and oxygen atoms in total. The van der Waals surface area contributed by atoms with Crippen molar-refractivity contribution in [1.29, 1.82) is 0 Å². The third-order valence-corrected chi connectivity index (χ3v) is 9.31. The van der Waals surface area contributed by atoms with Crippen LogP contribution in [0, 0.1) is 0 Å². The van der Waals surface area contributed by atoms with E-state index in [2.05, 4.69) is 123 Å². The van der Waals surface area contributed by atoms with Gasteiger partial charge in [-0.05, 0) is 96.3 Å². The highest BCUT2D eigenvalue weighted by molar-refractivity contribution is 7.47. The summed E-state index contributed by atoms with van der Waals surface area (Å²) in [5, 5.41) is 0. The predicted molar refractivity (Wildman–Crippen MR) is 242 cm³/mol. The number of nitrogens with zero attached hydrogens (tertiary/aromatic N) is 1. The lowest BCUT2D eigenvalue weighted by molar-refractivity contribution is -0.870. The van der Waals surface area contributed by atoms with E-state index in [1.54, 1.807) is 0 Å². The molecule has 0 bridgehead atoms. The summed E-state index contributed by atoms with van der Waals surface area (Å²) in [5.41, 5.74) is 0. The molecule has 0 aliphatic heterocycles. The van der Waals surface area contributed by atoms with Crippen LogP contribution in [0.3, 0.4) is 0 Å². The molecule has 324 valence electrons. The molecule has 0 spiro atoms. The normalized spacial score (nSPS) is 14.8. The van der Waals surface area contributed by atoms with E-state index in [9.17, 15) is 14.3 Å². The Morgan fingerprint density at radius 3 is 1.40 bits per heavy atom. The van der Waals surface area contributed by atoms with Gasteiger partial charge in [0.2, 0.25) is 0 Å². The number of hydrogen-bond donors (Lipinski definition) is 1. The van der Waals surface area contributed by atoms with E-state index >= 15 is 0 Å². The standard InChI is InChI=1S/C48H80NO7P/c1-6-8-10-12-14-16-18-20-22-24-25-26-27-29-31-33-35-37-39-41-48(50)56-47(46-55-57(51,52)54-44-42-49(3,4)5)45-53-43-40-38-36-34-32-30-28-23-21-19-17-15-13-11-9-7-2/h8-11,14-17,20-23,25-26,29-32,47H,6-7,12-13,18-19,24,27-28,33-46H2,1-5H3/p+1/b10-8-,11-9-,16-14-,17-15-,22-20-,23-21-,26-25-,31-29-,32-30-. The van der Waals surface area contributed by atoms with E-state index in [-0.39, 0.29) is 32.2 Å². The van der Waals surface area contributed by atoms with Crippen molar-refractivity contribution in [1.82, 2.24) is 0 Å². The maximum Gasteiger partial charge on any atom is 0.472 e. The number of unbranched alkanes of at least 4 members (excludes halogenated alkanes) is 6. The Morgan fingerprint density at radius 2 is 0.965 bits per heavy atom. The summed E-state index contributed by atoms with van der Waals surface area (Å²) in [7, 11) is 1.60. The maximum absolute atomic E-state index is 12.7. The molecule has 2 atom stereocenters. The summed E-state index contributed by atoms with van der Waals surface area (Å²) in [6, 6.07) is 0. The van der Waals surface area contributed by atoms with Crippen molar-refractivity contribution in [3.63, 3.8) is 0 Å². The monoisotopic (exact) mass is 815 g/mol. The average Bonchev–Trinajstić information content (AvgIpc) is 3.16. The first-order chi connectivity index (χ1) is 27.6. The quantitative estimate of drug-likeness (QED) is 0.0218. The minimum absolute atomic E-state index is 0.0682. The molecule has 0 aromatic heterocycles. The maximum atomic E-state index is 12.7. The molecule has 0 heterocycles. The number of phosphoric acid groups is 1. The summed E-state index contributed by atoms with van der Waals surface area (Å²) in [6.45, 7) is 5.22. The zero-order valence-electron chi connectivity index (χ0n) is 36.5. The fraction of sp³-hybridized carbons (Fsp3) is 0.604. The van der Waals surface area contributed by atoms with Crippen LogP contribution in [0.2, 0.25) is 0 Å². The first kappa shape index (κ1) is 54.2. The molecule has 1 N–H and O–H groups in total. The van der Waals surface area contributed by atoms with Crippen molar-refractivity contribution in [2.45, 2.75) is 136 Å². The van der Waals surface area contributed by atoms with Gasteiger partial charge >= 0.3 is 13.8 Å². The second-order valence-corrected chi connectivity index (χ2v) is 16.4. The number of hydrogen-bond acceptors (Lipinski definition) is 6. The van der Waals surface area contributed by atoms with Crippen LogP contribution in [-0.4, -0.2) is 75.6 Å². The first-order valence-corrected chi connectivity index (χ1v) is 23.1. The van der Waals surface area contributed by atoms with E-state index in [0.717, 1.165) is 103 Å². The molecule has 57 heavy (non-hydrogen) atoms. The van der Waals surface area contributed by atoms with Gasteiger partial charge in [0.1, 0.15) is 19.3 Å². The zero-order valence-corrected chi connectivity index (χ0v) is 37.4. The Balaban J connectivity index is 4.41. The van der Waals surface area contributed by atoms with Crippen LogP contribution < -0.4 is 0 Å². The number of likely N-dealkylation sites (N-methyl/N-ethyl adjacent to an activating group) is 1. The zero-order chi connectivity index (χ0) is 42.0. The molecule has 0 aromatic carbocycles. The molecule has 0 rings (SSSR count). The Hall–Kier alpha value is -2.84. The number of esters is 1. The Morgan fingerprint density at radius 1 is 0.544 bits per heavy atom. The number of carbonyl (C=O) groups excluding carboxylic acids is 1. The van der Waals surface area contributed by atoms with Gasteiger partial charge < -0.3 is 18.9 Å². The molecule has 0 radical (unpaired) electrons. The lowest BCUT2D eigenvalue weighted by Gasteiger charge is -2.24. The highest BCUT2D eigenvalue weighted by Crippen LogP contribution is 2.43. The van der Waals surface area contributed by atoms with Crippen LogP contribution in [-0.2, 0) is 27.9 Å². The van der Waals surface area contributed by atoms with Crippen molar-refractivity contribution in [2.75, 3.05) is 54.1 Å². The summed E-state index contributed by atoms with van der Waals surface area (Å²) < 4.78 is 34.9. The first-order valence-electron chi connectivity index (χ1n) is 21.6. The molecule has 0 aromatic rings. The Bertz CT molecular complexity index is 1270. The van der Waals surface area contributed by atoms with Crippen molar-refractivity contribution in [3.05, 3.63) is 109 Å². The molecule has 0 saturated heterocycles. The second-order valence-electron chi connectivity index (χ2n) is 15.0. The van der Waals surface area contributed by atoms with Crippen LogP contribution in [0.15, 0.2) is 109 Å². The van der Waals surface area contributed by atoms with Gasteiger partial charge in [-0.2, -0.15) is 0 Å². The topological polar surface area (TPSA) is 91.3 Å². The minimum Gasteiger partial charge on any atom is -0.457 e. The second kappa shape index (κ2) is 40.0. The van der Waals surface area contributed by atoms with Gasteiger partial charge in [-0.1, -0.05) is 136 Å². The van der Waals surface area contributed by atoms with E-state index < -0.39 is 13.9 Å². The number of allylic oxidation sites excluding steroid dienone is 18. The van der Waals surface area contributed by atoms with Gasteiger partial charge in [0.15, 0.2) is 0 Å². The average molecular weight is 815 g/mol. The summed E-state index contributed by atoms with van der Waals surface area (Å²) in [4.78, 5) is 22.9. The highest BCUT2D eigenvalue weighted by Gasteiger charge is 2.26. The molecular formula is C48H81NO7P+. The van der Waals surface area contributed by atoms with Gasteiger partial charge in [-0.25, -0.2) is 4.57 Å². The van der Waals surface area contributed by atoms with Crippen LogP contribution >= 0.6 is 7.82 Å². The summed E-state index contributed by atoms with van der Waals surface area (Å²) in [5.74, 6) is -0.362. The van der Waals surface area contributed by atoms with Gasteiger partial charge in [0.25, 0.3) is 0 Å². The fourth-order valence-electron chi connectivity index (χ4n) is 5.04. The van der Waals surface area contributed by atoms with E-state index in [1.165, 1.54) is 0 Å². The molecule has 9 heteroatoms. The van der Waals surface area contributed by atoms with E-state index in [0.29, 0.717) is 24.1 Å². The molecular weight excluding hydrogens is 734 g/mol. The van der Waals surface area contributed by atoms with Gasteiger partial charge in [0.05, 0.1) is 34.4 Å². The SMILES string of the molecule is CC/C=C\C/C=C\C/C=C\C/C=C\C/C=C\CCCCCC(=O)OC(COCCCCC/C=C\C/C=C\C/C=C\C/C=C\CC)COP(=O)(O)OCC[N+](C)(C)C. The third kappa shape index (κ3) is 44.1. The number of ether oxygens (including phenoxy) is 2.